The topological polar surface area (TPSA) is 53.8 Å². The van der Waals surface area contributed by atoms with Crippen LogP contribution in [0.25, 0.3) is 0 Å². The number of unbranched alkanes of at least 4 members (excludes halogenated alkanes) is 1. The van der Waals surface area contributed by atoms with E-state index in [2.05, 4.69) is 26.9 Å². The van der Waals surface area contributed by atoms with Crippen molar-refractivity contribution in [3.8, 4) is 5.75 Å². The van der Waals surface area contributed by atoms with Gasteiger partial charge in [0, 0.05) is 46.8 Å². The molecule has 1 aliphatic heterocycles. The van der Waals surface area contributed by atoms with Gasteiger partial charge in [-0.2, -0.15) is 0 Å². The number of imidazole rings is 1. The Morgan fingerprint density at radius 3 is 2.60 bits per heavy atom. The maximum atomic E-state index is 12.6. The molecule has 1 saturated heterocycles. The summed E-state index contributed by atoms with van der Waals surface area (Å²) < 4.78 is 7.37. The van der Waals surface area contributed by atoms with E-state index in [-0.39, 0.29) is 5.91 Å². The lowest BCUT2D eigenvalue weighted by Gasteiger charge is -2.36. The first-order valence-corrected chi connectivity index (χ1v) is 11.7. The molecule has 7 nitrogen and oxygen atoms in total. The zero-order valence-electron chi connectivity index (χ0n) is 18.5. The molecule has 0 N–H and O–H groups in total. The lowest BCUT2D eigenvalue weighted by atomic mass is 10.2. The van der Waals surface area contributed by atoms with Crippen LogP contribution in [0.5, 0.6) is 5.75 Å². The Bertz CT molecular complexity index is 833. The van der Waals surface area contributed by atoms with E-state index in [1.165, 1.54) is 5.69 Å². The molecule has 0 radical (unpaired) electrons. The first-order chi connectivity index (χ1) is 14.5. The molecular weight excluding hydrogens is 397 g/mol. The lowest BCUT2D eigenvalue weighted by molar-refractivity contribution is 0.0781. The lowest BCUT2D eigenvalue weighted by Crippen LogP contribution is -2.46. The molecule has 2 aromatic rings. The molecule has 2 heterocycles. The van der Waals surface area contributed by atoms with Gasteiger partial charge < -0.3 is 19.1 Å². The highest BCUT2D eigenvalue weighted by Gasteiger charge is 2.20. The number of benzene rings is 1. The maximum Gasteiger partial charge on any atom is 0.271 e. The summed E-state index contributed by atoms with van der Waals surface area (Å²) in [5, 5.41) is 0.860. The number of carbonyl (C=O) groups excluding carboxylic acids is 1. The summed E-state index contributed by atoms with van der Waals surface area (Å²) in [5.74, 6) is 0.979. The highest BCUT2D eigenvalue weighted by molar-refractivity contribution is 7.98. The summed E-state index contributed by atoms with van der Waals surface area (Å²) >= 11 is 1.55. The number of nitrogens with zero attached hydrogens (tertiary/aromatic N) is 5. The minimum absolute atomic E-state index is 0.0377. The van der Waals surface area contributed by atoms with Crippen LogP contribution in [-0.2, 0) is 7.05 Å². The summed E-state index contributed by atoms with van der Waals surface area (Å²) in [7, 11) is 5.50. The van der Waals surface area contributed by atoms with Crippen molar-refractivity contribution in [3.05, 3.63) is 36.2 Å². The smallest absolute Gasteiger partial charge is 0.271 e. The second kappa shape index (κ2) is 10.7. The van der Waals surface area contributed by atoms with Crippen LogP contribution in [0.1, 0.15) is 23.3 Å². The fraction of sp³-hybridized carbons (Fsp3) is 0.545. The normalized spacial score (nSPS) is 14.7. The number of piperazine rings is 1. The summed E-state index contributed by atoms with van der Waals surface area (Å²) in [6, 6.07) is 8.23. The molecule has 8 heteroatoms. The second-order valence-corrected chi connectivity index (χ2v) is 8.40. The van der Waals surface area contributed by atoms with Crippen molar-refractivity contribution in [2.75, 3.05) is 64.6 Å². The van der Waals surface area contributed by atoms with Crippen molar-refractivity contribution >= 4 is 23.4 Å². The Morgan fingerprint density at radius 1 is 1.20 bits per heavy atom. The van der Waals surface area contributed by atoms with Gasteiger partial charge >= 0.3 is 0 Å². The fourth-order valence-corrected chi connectivity index (χ4v) is 4.40. The molecule has 0 saturated carbocycles. The third-order valence-electron chi connectivity index (χ3n) is 5.71. The van der Waals surface area contributed by atoms with Gasteiger partial charge in [-0.15, -0.1) is 0 Å². The highest BCUT2D eigenvalue weighted by Crippen LogP contribution is 2.28. The molecular formula is C22H33N5O2S. The van der Waals surface area contributed by atoms with Crippen LogP contribution in [0.4, 0.5) is 5.69 Å². The van der Waals surface area contributed by atoms with E-state index in [1.54, 1.807) is 30.0 Å². The van der Waals surface area contributed by atoms with Gasteiger partial charge in [0.2, 0.25) is 0 Å². The number of rotatable bonds is 9. The number of methoxy groups -OCH3 is 1. The minimum Gasteiger partial charge on any atom is -0.495 e. The zero-order chi connectivity index (χ0) is 21.5. The molecule has 164 valence electrons. The van der Waals surface area contributed by atoms with E-state index in [1.807, 2.05) is 37.1 Å². The second-order valence-electron chi connectivity index (χ2n) is 7.62. The number of carbonyl (C=O) groups is 1. The standard InChI is InChI=1S/C22H33N5O2S/c1-24(21(28)19-17-23-22(30-4)25(19)2)11-7-8-12-26-13-15-27(16-14-26)18-9-5-6-10-20(18)29-3/h5-6,9-10,17H,7-8,11-16H2,1-4H3/i4-1. The molecule has 0 unspecified atom stereocenters. The molecule has 1 aromatic heterocycles. The summed E-state index contributed by atoms with van der Waals surface area (Å²) in [6.07, 6.45) is 5.73. The third-order valence-corrected chi connectivity index (χ3v) is 6.45. The third kappa shape index (κ3) is 5.29. The Labute approximate surface area is 184 Å². The van der Waals surface area contributed by atoms with Crippen LogP contribution in [0.2, 0.25) is 0 Å². The van der Waals surface area contributed by atoms with Gasteiger partial charge in [0.1, 0.15) is 11.4 Å². The number of hydrogen-bond acceptors (Lipinski definition) is 6. The van der Waals surface area contributed by atoms with E-state index in [9.17, 15) is 4.79 Å². The van der Waals surface area contributed by atoms with Gasteiger partial charge in [-0.1, -0.05) is 23.9 Å². The van der Waals surface area contributed by atoms with Crippen molar-refractivity contribution in [1.29, 1.82) is 0 Å². The molecule has 30 heavy (non-hydrogen) atoms. The fourth-order valence-electron chi connectivity index (χ4n) is 3.87. The SMILES string of the molecule is COc1ccccc1N1CCN(CCCCN(C)C(=O)c2cnc(S[11CH3])n2C)CC1. The highest BCUT2D eigenvalue weighted by atomic mass is 32.2. The van der Waals surface area contributed by atoms with Crippen molar-refractivity contribution in [3.63, 3.8) is 0 Å². The molecule has 0 atom stereocenters. The van der Waals surface area contributed by atoms with E-state index >= 15 is 0 Å². The molecule has 1 aromatic carbocycles. The van der Waals surface area contributed by atoms with Gasteiger partial charge in [-0.25, -0.2) is 4.98 Å². The Hall–Kier alpha value is -2.19. The quantitative estimate of drug-likeness (QED) is 0.450. The van der Waals surface area contributed by atoms with Crippen LogP contribution >= 0.6 is 11.8 Å². The molecule has 3 rings (SSSR count). The largest absolute Gasteiger partial charge is 0.495 e. The first kappa shape index (κ1) is 22.5. The summed E-state index contributed by atoms with van der Waals surface area (Å²) in [6.45, 7) is 5.97. The zero-order valence-corrected chi connectivity index (χ0v) is 19.3. The summed E-state index contributed by atoms with van der Waals surface area (Å²) in [5.41, 5.74) is 1.83. The average molecular weight is 431 g/mol. The number of ether oxygens (including phenoxy) is 1. The van der Waals surface area contributed by atoms with Crippen LogP contribution < -0.4 is 9.64 Å². The van der Waals surface area contributed by atoms with E-state index < -0.39 is 0 Å². The van der Waals surface area contributed by atoms with Gasteiger partial charge in [-0.3, -0.25) is 9.69 Å². The predicted molar refractivity (Wildman–Crippen MR) is 123 cm³/mol. The maximum absolute atomic E-state index is 12.6. The van der Waals surface area contributed by atoms with Crippen molar-refractivity contribution < 1.29 is 9.53 Å². The molecule has 1 aliphatic rings. The number of anilines is 1. The van der Waals surface area contributed by atoms with Crippen LogP contribution in [-0.4, -0.2) is 84.9 Å². The molecule has 0 aliphatic carbocycles. The number of hydrogen-bond donors (Lipinski definition) is 0. The molecule has 1 amide bonds. The number of thioether (sulfide) groups is 1. The van der Waals surface area contributed by atoms with Crippen molar-refractivity contribution in [2.24, 2.45) is 7.05 Å². The van der Waals surface area contributed by atoms with Crippen molar-refractivity contribution in [2.45, 2.75) is 18.0 Å². The van der Waals surface area contributed by atoms with Gasteiger partial charge in [0.15, 0.2) is 5.16 Å². The monoisotopic (exact) mass is 430 g/mol. The van der Waals surface area contributed by atoms with Gasteiger partial charge in [0.05, 0.1) is 19.0 Å². The molecule has 0 bridgehead atoms. The van der Waals surface area contributed by atoms with Gasteiger partial charge in [-0.05, 0) is 37.8 Å². The Morgan fingerprint density at radius 2 is 1.93 bits per heavy atom. The Kier molecular flexibility index (Phi) is 8.04. The van der Waals surface area contributed by atoms with Crippen molar-refractivity contribution in [1.82, 2.24) is 19.4 Å². The Balaban J connectivity index is 1.38. The predicted octanol–water partition coefficient (Wildman–Crippen LogP) is 2.83. The molecule has 1 fully saturated rings. The number of aromatic nitrogens is 2. The molecule has 0 spiro atoms. The van der Waals surface area contributed by atoms with Gasteiger partial charge in [0.25, 0.3) is 5.91 Å². The summed E-state index contributed by atoms with van der Waals surface area (Å²) in [4.78, 5) is 23.7. The van der Waals surface area contributed by atoms with Crippen LogP contribution in [0.3, 0.4) is 0 Å². The van der Waals surface area contributed by atoms with E-state index in [0.29, 0.717) is 5.69 Å². The number of amides is 1. The van der Waals surface area contributed by atoms with E-state index in [0.717, 1.165) is 63.0 Å². The van der Waals surface area contributed by atoms with E-state index in [4.69, 9.17) is 4.74 Å². The average Bonchev–Trinajstić information content (AvgIpc) is 3.16. The van der Waals surface area contributed by atoms with Crippen LogP contribution in [0.15, 0.2) is 35.6 Å². The van der Waals surface area contributed by atoms with Crippen LogP contribution in [0, 0.1) is 0 Å². The first-order valence-electron chi connectivity index (χ1n) is 10.5. The minimum atomic E-state index is 0.0377. The number of para-hydroxylation sites is 2.